The lowest BCUT2D eigenvalue weighted by molar-refractivity contribution is -0.392. The van der Waals surface area contributed by atoms with Crippen molar-refractivity contribution in [2.45, 2.75) is 13.0 Å². The number of imidazole rings is 1. The second-order valence-corrected chi connectivity index (χ2v) is 6.83. The fourth-order valence-electron chi connectivity index (χ4n) is 3.36. The second-order valence-electron chi connectivity index (χ2n) is 6.83. The Hall–Kier alpha value is -4.14. The first kappa shape index (κ1) is 19.2. The Balaban J connectivity index is 1.54. The molecule has 0 fully saturated rings. The molecule has 0 saturated carbocycles. The number of rotatable bonds is 5. The number of carbonyl (C=O) groups excluding carboxylic acids is 3. The number of nitrogens with zero attached hydrogens (tertiary/aromatic N) is 3. The molecule has 4 rings (SSSR count). The van der Waals surface area contributed by atoms with Gasteiger partial charge < -0.3 is 14.9 Å². The third-order valence-corrected chi connectivity index (χ3v) is 4.92. The van der Waals surface area contributed by atoms with E-state index in [4.69, 9.17) is 4.74 Å². The van der Waals surface area contributed by atoms with E-state index < -0.39 is 16.9 Å². The van der Waals surface area contributed by atoms with Crippen molar-refractivity contribution in [1.82, 2.24) is 9.55 Å². The summed E-state index contributed by atoms with van der Waals surface area (Å²) in [5.41, 5.74) is 1.12. The number of ether oxygens (including phenoxy) is 1. The van der Waals surface area contributed by atoms with Crippen LogP contribution in [-0.4, -0.2) is 38.6 Å². The quantitative estimate of drug-likeness (QED) is 0.284. The van der Waals surface area contributed by atoms with Gasteiger partial charge in [0.2, 0.25) is 0 Å². The van der Waals surface area contributed by atoms with E-state index in [-0.39, 0.29) is 40.7 Å². The molecule has 0 N–H and O–H groups in total. The van der Waals surface area contributed by atoms with E-state index in [0.29, 0.717) is 11.1 Å². The van der Waals surface area contributed by atoms with Gasteiger partial charge in [-0.25, -0.2) is 14.3 Å². The molecule has 3 aromatic rings. The van der Waals surface area contributed by atoms with Gasteiger partial charge in [-0.1, -0.05) is 24.3 Å². The SMILES string of the molecule is CC(COC(=O)c1ccc2c(c1)C(=O)c1ccccc1C2=O)n1cncc1[N+](=O)[O-]. The molecule has 0 amide bonds. The van der Waals surface area contributed by atoms with Crippen molar-refractivity contribution < 1.29 is 24.0 Å². The van der Waals surface area contributed by atoms with Gasteiger partial charge in [-0.3, -0.25) is 9.59 Å². The third-order valence-electron chi connectivity index (χ3n) is 4.92. The number of fused-ring (bicyclic) bond motifs is 2. The van der Waals surface area contributed by atoms with Gasteiger partial charge in [-0.05, 0) is 30.0 Å². The summed E-state index contributed by atoms with van der Waals surface area (Å²) in [4.78, 5) is 52.1. The van der Waals surface area contributed by atoms with Crippen LogP contribution in [0.3, 0.4) is 0 Å². The number of hydrogen-bond acceptors (Lipinski definition) is 7. The number of esters is 1. The predicted octanol–water partition coefficient (Wildman–Crippen LogP) is 2.98. The third kappa shape index (κ3) is 3.16. The Morgan fingerprint density at radius 3 is 2.40 bits per heavy atom. The molecule has 0 saturated heterocycles. The summed E-state index contributed by atoms with van der Waals surface area (Å²) < 4.78 is 6.56. The van der Waals surface area contributed by atoms with Gasteiger partial charge in [-0.2, -0.15) is 0 Å². The molecule has 0 bridgehead atoms. The molecular weight excluding hydrogens is 390 g/mol. The molecule has 0 aliphatic heterocycles. The molecule has 0 radical (unpaired) electrons. The number of nitro groups is 1. The molecule has 150 valence electrons. The van der Waals surface area contributed by atoms with Gasteiger partial charge in [0.15, 0.2) is 17.9 Å². The van der Waals surface area contributed by atoms with E-state index in [0.717, 1.165) is 6.20 Å². The Kier molecular flexibility index (Phi) is 4.71. The highest BCUT2D eigenvalue weighted by Crippen LogP contribution is 2.28. The number of ketones is 2. The summed E-state index contributed by atoms with van der Waals surface area (Å²) in [6, 6.07) is 10.2. The van der Waals surface area contributed by atoms with Crippen LogP contribution in [0.15, 0.2) is 55.0 Å². The molecule has 9 nitrogen and oxygen atoms in total. The number of hydrogen-bond donors (Lipinski definition) is 0. The molecule has 1 aliphatic carbocycles. The van der Waals surface area contributed by atoms with E-state index >= 15 is 0 Å². The highest BCUT2D eigenvalue weighted by molar-refractivity contribution is 6.28. The fourth-order valence-corrected chi connectivity index (χ4v) is 3.36. The topological polar surface area (TPSA) is 121 Å². The minimum Gasteiger partial charge on any atom is -0.458 e. The summed E-state index contributed by atoms with van der Waals surface area (Å²) in [6.45, 7) is 1.51. The first-order valence-electron chi connectivity index (χ1n) is 9.04. The Labute approximate surface area is 170 Å². The van der Waals surface area contributed by atoms with Crippen LogP contribution in [0.1, 0.15) is 55.2 Å². The zero-order valence-electron chi connectivity index (χ0n) is 15.8. The maximum Gasteiger partial charge on any atom is 0.342 e. The van der Waals surface area contributed by atoms with Crippen LogP contribution in [0.2, 0.25) is 0 Å². The van der Waals surface area contributed by atoms with E-state index in [1.54, 1.807) is 31.2 Å². The summed E-state index contributed by atoms with van der Waals surface area (Å²) >= 11 is 0. The maximum absolute atomic E-state index is 12.8. The standard InChI is InChI=1S/C21H15N3O6/c1-12(23-11-22-9-18(23)24(28)29)10-30-21(27)13-6-7-16-17(8-13)20(26)15-5-3-2-4-14(15)19(16)25/h2-9,11-12H,10H2,1H3. The van der Waals surface area contributed by atoms with Crippen LogP contribution in [0.5, 0.6) is 0 Å². The molecule has 1 atom stereocenters. The van der Waals surface area contributed by atoms with Crippen molar-refractivity contribution >= 4 is 23.4 Å². The zero-order valence-corrected chi connectivity index (χ0v) is 15.8. The first-order chi connectivity index (χ1) is 14.4. The average Bonchev–Trinajstić information content (AvgIpc) is 3.25. The average molecular weight is 405 g/mol. The van der Waals surface area contributed by atoms with Crippen molar-refractivity contribution in [1.29, 1.82) is 0 Å². The monoisotopic (exact) mass is 405 g/mol. The normalized spacial score (nSPS) is 13.4. The van der Waals surface area contributed by atoms with Crippen molar-refractivity contribution in [3.63, 3.8) is 0 Å². The van der Waals surface area contributed by atoms with E-state index in [9.17, 15) is 24.5 Å². The van der Waals surface area contributed by atoms with Crippen LogP contribution in [0, 0.1) is 10.1 Å². The van der Waals surface area contributed by atoms with Crippen molar-refractivity contribution in [3.8, 4) is 0 Å². The molecule has 1 aromatic heterocycles. The van der Waals surface area contributed by atoms with Crippen LogP contribution in [-0.2, 0) is 4.74 Å². The molecule has 1 aliphatic rings. The van der Waals surface area contributed by atoms with Crippen molar-refractivity contribution in [2.24, 2.45) is 0 Å². The van der Waals surface area contributed by atoms with E-state index in [1.807, 2.05) is 0 Å². The second kappa shape index (κ2) is 7.36. The van der Waals surface area contributed by atoms with Crippen LogP contribution in [0.4, 0.5) is 5.82 Å². The Morgan fingerprint density at radius 2 is 1.73 bits per heavy atom. The van der Waals surface area contributed by atoms with Gasteiger partial charge in [-0.15, -0.1) is 0 Å². The van der Waals surface area contributed by atoms with Crippen LogP contribution < -0.4 is 0 Å². The molecule has 9 heteroatoms. The Bertz CT molecular complexity index is 1210. The Morgan fingerprint density at radius 1 is 1.10 bits per heavy atom. The van der Waals surface area contributed by atoms with Crippen molar-refractivity contribution in [2.75, 3.05) is 6.61 Å². The smallest absolute Gasteiger partial charge is 0.342 e. The first-order valence-corrected chi connectivity index (χ1v) is 9.04. The van der Waals surface area contributed by atoms with Gasteiger partial charge in [0, 0.05) is 22.3 Å². The minimum absolute atomic E-state index is 0.113. The molecule has 30 heavy (non-hydrogen) atoms. The minimum atomic E-state index is -0.702. The number of benzene rings is 2. The summed E-state index contributed by atoms with van der Waals surface area (Å²) in [6.07, 6.45) is 2.40. The highest BCUT2D eigenvalue weighted by Gasteiger charge is 2.30. The van der Waals surface area contributed by atoms with Gasteiger partial charge in [0.1, 0.15) is 18.8 Å². The number of carbonyl (C=O) groups is 3. The highest BCUT2D eigenvalue weighted by atomic mass is 16.6. The summed E-state index contributed by atoms with van der Waals surface area (Å²) in [5.74, 6) is -1.53. The van der Waals surface area contributed by atoms with Crippen LogP contribution in [0.25, 0.3) is 0 Å². The van der Waals surface area contributed by atoms with E-state index in [1.165, 1.54) is 29.1 Å². The summed E-state index contributed by atoms with van der Waals surface area (Å²) in [7, 11) is 0. The van der Waals surface area contributed by atoms with Crippen molar-refractivity contribution in [3.05, 3.63) is 92.9 Å². The van der Waals surface area contributed by atoms with E-state index in [2.05, 4.69) is 4.98 Å². The lowest BCUT2D eigenvalue weighted by Crippen LogP contribution is -2.22. The maximum atomic E-state index is 12.8. The zero-order chi connectivity index (χ0) is 21.4. The predicted molar refractivity (Wildman–Crippen MR) is 104 cm³/mol. The molecule has 1 heterocycles. The molecule has 0 spiro atoms. The molecule has 2 aromatic carbocycles. The van der Waals surface area contributed by atoms with Gasteiger partial charge in [0.25, 0.3) is 0 Å². The molecule has 1 unspecified atom stereocenters. The summed E-state index contributed by atoms with van der Waals surface area (Å²) in [5, 5.41) is 11.0. The number of aromatic nitrogens is 2. The van der Waals surface area contributed by atoms with Gasteiger partial charge in [0.05, 0.1) is 5.56 Å². The lowest BCUT2D eigenvalue weighted by Gasteiger charge is -2.18. The lowest BCUT2D eigenvalue weighted by atomic mass is 9.83. The van der Waals surface area contributed by atoms with Crippen LogP contribution >= 0.6 is 0 Å². The van der Waals surface area contributed by atoms with Gasteiger partial charge >= 0.3 is 11.8 Å². The largest absolute Gasteiger partial charge is 0.458 e. The molecular formula is C21H15N3O6. The fraction of sp³-hybridized carbons (Fsp3) is 0.143.